The number of hydrogen-bond acceptors (Lipinski definition) is 9. The lowest BCUT2D eigenvalue weighted by Crippen LogP contribution is -2.42. The maximum Gasteiger partial charge on any atom is 0.274 e. The van der Waals surface area contributed by atoms with Crippen molar-refractivity contribution in [3.63, 3.8) is 0 Å². The third-order valence-electron chi connectivity index (χ3n) is 5.12. The lowest BCUT2D eigenvalue weighted by Gasteiger charge is -2.30. The Bertz CT molecular complexity index is 1180. The normalized spacial score (nSPS) is 13.5. The van der Waals surface area contributed by atoms with E-state index in [-0.39, 0.29) is 29.1 Å². The molecule has 0 unspecified atom stereocenters. The highest BCUT2D eigenvalue weighted by Crippen LogP contribution is 2.28. The minimum absolute atomic E-state index is 0.156. The van der Waals surface area contributed by atoms with Crippen molar-refractivity contribution in [1.29, 1.82) is 0 Å². The van der Waals surface area contributed by atoms with E-state index in [9.17, 15) is 9.59 Å². The molecule has 0 bridgehead atoms. The number of carbonyl (C=O) groups excluding carboxylic acids is 2. The quantitative estimate of drug-likeness (QED) is 0.493. The zero-order valence-corrected chi connectivity index (χ0v) is 19.7. The van der Waals surface area contributed by atoms with Crippen molar-refractivity contribution in [3.05, 3.63) is 59.9 Å². The van der Waals surface area contributed by atoms with Gasteiger partial charge >= 0.3 is 0 Å². The van der Waals surface area contributed by atoms with Crippen molar-refractivity contribution >= 4 is 17.6 Å². The van der Waals surface area contributed by atoms with E-state index in [4.69, 9.17) is 14.2 Å². The number of aryl methyl sites for hydroxylation is 1. The molecule has 3 heterocycles. The van der Waals surface area contributed by atoms with Crippen LogP contribution in [0.15, 0.2) is 43.0 Å². The molecule has 0 aliphatic carbocycles. The second-order valence-electron chi connectivity index (χ2n) is 8.06. The van der Waals surface area contributed by atoms with E-state index in [0.717, 1.165) is 25.2 Å². The highest BCUT2D eigenvalue weighted by Gasteiger charge is 2.23. The molecule has 4 rings (SSSR count). The van der Waals surface area contributed by atoms with Crippen LogP contribution in [0.25, 0.3) is 0 Å². The lowest BCUT2D eigenvalue weighted by atomic mass is 10.2. The van der Waals surface area contributed by atoms with Gasteiger partial charge < -0.3 is 24.4 Å². The van der Waals surface area contributed by atoms with Gasteiger partial charge in [0.15, 0.2) is 5.82 Å². The highest BCUT2D eigenvalue weighted by atomic mass is 16.5. The average Bonchev–Trinajstić information content (AvgIpc) is 2.80. The molecule has 11 heteroatoms. The zero-order valence-electron chi connectivity index (χ0n) is 19.7. The Morgan fingerprint density at radius 1 is 1.03 bits per heavy atom. The fourth-order valence-corrected chi connectivity index (χ4v) is 3.26. The molecular formula is C24H26N6O5. The summed E-state index contributed by atoms with van der Waals surface area (Å²) < 4.78 is 16.8. The summed E-state index contributed by atoms with van der Waals surface area (Å²) in [6, 6.07) is 4.78. The Labute approximate surface area is 202 Å². The van der Waals surface area contributed by atoms with Gasteiger partial charge in [0.1, 0.15) is 23.3 Å². The number of ether oxygens (including phenoxy) is 3. The van der Waals surface area contributed by atoms with Gasteiger partial charge in [-0.2, -0.15) is 0 Å². The van der Waals surface area contributed by atoms with Crippen molar-refractivity contribution in [1.82, 2.24) is 24.8 Å². The van der Waals surface area contributed by atoms with Crippen molar-refractivity contribution in [2.45, 2.75) is 26.4 Å². The smallest absolute Gasteiger partial charge is 0.274 e. The second-order valence-corrected chi connectivity index (χ2v) is 8.06. The molecule has 11 nitrogen and oxygen atoms in total. The van der Waals surface area contributed by atoms with Crippen LogP contribution in [0.5, 0.6) is 17.4 Å². The number of amides is 2. The molecule has 2 aromatic heterocycles. The van der Waals surface area contributed by atoms with E-state index in [2.05, 4.69) is 25.3 Å². The fraction of sp³-hybridized carbons (Fsp3) is 0.333. The maximum atomic E-state index is 12.9. The molecule has 0 saturated carbocycles. The minimum atomic E-state index is -0.417. The molecule has 1 saturated heterocycles. The number of nitrogens with one attached hydrogen (secondary N) is 1. The molecule has 1 N–H and O–H groups in total. The summed E-state index contributed by atoms with van der Waals surface area (Å²) >= 11 is 0. The van der Waals surface area contributed by atoms with Crippen LogP contribution in [-0.2, 0) is 4.74 Å². The highest BCUT2D eigenvalue weighted by molar-refractivity contribution is 6.04. The SMILES string of the molecule is COC[C@@H](C)Oc1cc(Oc2cnc(C(=O)N3CCC3)cn2)cc(C(=O)Nc2cnc(C)cn2)c1. The van der Waals surface area contributed by atoms with Gasteiger partial charge in [-0.15, -0.1) is 0 Å². The van der Waals surface area contributed by atoms with Gasteiger partial charge in [-0.25, -0.2) is 15.0 Å². The largest absolute Gasteiger partial charge is 0.488 e. The van der Waals surface area contributed by atoms with E-state index in [0.29, 0.717) is 23.9 Å². The van der Waals surface area contributed by atoms with Gasteiger partial charge in [0, 0.05) is 31.8 Å². The van der Waals surface area contributed by atoms with E-state index in [1.165, 1.54) is 18.6 Å². The molecule has 182 valence electrons. The number of hydrogen-bond donors (Lipinski definition) is 1. The molecular weight excluding hydrogens is 452 g/mol. The zero-order chi connectivity index (χ0) is 24.8. The van der Waals surface area contributed by atoms with Gasteiger partial charge in [-0.1, -0.05) is 0 Å². The Hall–Kier alpha value is -4.12. The Kier molecular flexibility index (Phi) is 7.46. The summed E-state index contributed by atoms with van der Waals surface area (Å²) in [5, 5.41) is 2.71. The van der Waals surface area contributed by atoms with Crippen LogP contribution in [-0.4, -0.2) is 69.6 Å². The summed E-state index contributed by atoms with van der Waals surface area (Å²) in [4.78, 5) is 43.5. The van der Waals surface area contributed by atoms with Crippen LogP contribution >= 0.6 is 0 Å². The van der Waals surface area contributed by atoms with Crippen molar-refractivity contribution in [2.75, 3.05) is 32.1 Å². The van der Waals surface area contributed by atoms with Gasteiger partial charge in [-0.05, 0) is 32.4 Å². The molecule has 0 spiro atoms. The predicted octanol–water partition coefficient (Wildman–Crippen LogP) is 2.88. The first-order valence-electron chi connectivity index (χ1n) is 11.1. The summed E-state index contributed by atoms with van der Waals surface area (Å²) in [6.45, 7) is 5.47. The van der Waals surface area contributed by atoms with Crippen LogP contribution in [0.1, 0.15) is 39.9 Å². The van der Waals surface area contributed by atoms with Crippen LogP contribution in [0.2, 0.25) is 0 Å². The monoisotopic (exact) mass is 478 g/mol. The number of methoxy groups -OCH3 is 1. The van der Waals surface area contributed by atoms with Crippen LogP contribution in [0.4, 0.5) is 5.82 Å². The third kappa shape index (κ3) is 6.27. The van der Waals surface area contributed by atoms with Crippen LogP contribution < -0.4 is 14.8 Å². The molecule has 1 aliphatic heterocycles. The number of likely N-dealkylation sites (tertiary alicyclic amines) is 1. The molecule has 1 aliphatic rings. The fourth-order valence-electron chi connectivity index (χ4n) is 3.26. The average molecular weight is 479 g/mol. The van der Waals surface area contributed by atoms with E-state index in [1.54, 1.807) is 43.3 Å². The molecule has 1 aromatic carbocycles. The Balaban J connectivity index is 1.54. The Morgan fingerprint density at radius 3 is 2.46 bits per heavy atom. The van der Waals surface area contributed by atoms with Crippen molar-refractivity contribution < 1.29 is 23.8 Å². The number of anilines is 1. The summed E-state index contributed by atoms with van der Waals surface area (Å²) in [5.41, 5.74) is 1.27. The minimum Gasteiger partial charge on any atom is -0.488 e. The van der Waals surface area contributed by atoms with Gasteiger partial charge in [0.05, 0.1) is 37.1 Å². The molecule has 1 fully saturated rings. The number of nitrogens with zero attached hydrogens (tertiary/aromatic N) is 5. The number of rotatable bonds is 9. The third-order valence-corrected chi connectivity index (χ3v) is 5.12. The van der Waals surface area contributed by atoms with Crippen LogP contribution in [0, 0.1) is 6.92 Å². The lowest BCUT2D eigenvalue weighted by molar-refractivity contribution is 0.0645. The first-order chi connectivity index (χ1) is 16.9. The first-order valence-corrected chi connectivity index (χ1v) is 11.1. The van der Waals surface area contributed by atoms with Gasteiger partial charge in [-0.3, -0.25) is 14.6 Å². The molecule has 2 amide bonds. The molecule has 1 atom stereocenters. The summed E-state index contributed by atoms with van der Waals surface area (Å²) in [5.74, 6) is 0.627. The number of benzene rings is 1. The van der Waals surface area contributed by atoms with Crippen molar-refractivity contribution in [2.24, 2.45) is 0 Å². The number of aromatic nitrogens is 4. The van der Waals surface area contributed by atoms with Crippen LogP contribution in [0.3, 0.4) is 0 Å². The first kappa shape index (κ1) is 24.0. The molecule has 3 aromatic rings. The van der Waals surface area contributed by atoms with Gasteiger partial charge in [0.2, 0.25) is 5.88 Å². The summed E-state index contributed by atoms with van der Waals surface area (Å²) in [7, 11) is 1.58. The standard InChI is InChI=1S/C24H26N6O5/c1-15-10-27-21(12-25-15)29-23(31)17-7-18(34-16(2)14-33-3)9-19(8-17)35-22-13-26-20(11-28-22)24(32)30-5-4-6-30/h7-13,16H,4-6,14H2,1-3H3,(H,27,29,31)/t16-/m1/s1. The number of carbonyl (C=O) groups is 2. The Morgan fingerprint density at radius 2 is 1.83 bits per heavy atom. The molecule has 35 heavy (non-hydrogen) atoms. The second kappa shape index (κ2) is 10.9. The molecule has 0 radical (unpaired) electrons. The van der Waals surface area contributed by atoms with E-state index in [1.807, 2.05) is 6.92 Å². The summed E-state index contributed by atoms with van der Waals surface area (Å²) in [6.07, 6.45) is 6.51. The van der Waals surface area contributed by atoms with Crippen molar-refractivity contribution in [3.8, 4) is 17.4 Å². The topological polar surface area (TPSA) is 129 Å². The van der Waals surface area contributed by atoms with E-state index >= 15 is 0 Å². The van der Waals surface area contributed by atoms with Gasteiger partial charge in [0.25, 0.3) is 11.8 Å². The van der Waals surface area contributed by atoms with E-state index < -0.39 is 5.91 Å². The predicted molar refractivity (Wildman–Crippen MR) is 126 cm³/mol. The maximum absolute atomic E-state index is 12.9.